The number of anilines is 1. The molecule has 0 amide bonds. The number of aromatic nitrogens is 1. The summed E-state index contributed by atoms with van der Waals surface area (Å²) in [6.45, 7) is 1.94. The van der Waals surface area contributed by atoms with E-state index in [2.05, 4.69) is 21.3 Å². The molecule has 1 atom stereocenters. The Bertz CT molecular complexity index is 411. The molecule has 2 heterocycles. The smallest absolute Gasteiger partial charge is 0.188 e. The molecule has 1 fully saturated rings. The van der Waals surface area contributed by atoms with Crippen LogP contribution < -0.4 is 10.2 Å². The zero-order valence-corrected chi connectivity index (χ0v) is 10.6. The van der Waals surface area contributed by atoms with Gasteiger partial charge in [-0.25, -0.2) is 4.98 Å². The third kappa shape index (κ3) is 2.14. The molecule has 1 aliphatic heterocycles. The summed E-state index contributed by atoms with van der Waals surface area (Å²) in [4.78, 5) is 7.01. The third-order valence-electron chi connectivity index (χ3n) is 2.74. The van der Waals surface area contributed by atoms with Gasteiger partial charge in [0.15, 0.2) is 10.3 Å². The lowest BCUT2D eigenvalue weighted by atomic mass is 10.2. The third-order valence-corrected chi connectivity index (χ3v) is 4.12. The molecular weight excluding hydrogens is 244 g/mol. The lowest BCUT2D eigenvalue weighted by Crippen LogP contribution is -2.36. The van der Waals surface area contributed by atoms with Gasteiger partial charge in [-0.15, -0.1) is 0 Å². The van der Waals surface area contributed by atoms with Crippen molar-refractivity contribution in [3.05, 3.63) is 10.0 Å². The summed E-state index contributed by atoms with van der Waals surface area (Å²) in [6.07, 6.45) is 2.34. The lowest BCUT2D eigenvalue weighted by Gasteiger charge is -2.23. The standard InChI is InChI=1S/C10H13ClN4S/c1-13-6-7-3-2-4-15(7)10-14-9(11)8(5-12)16-10/h7,13H,2-4,6H2,1H3. The van der Waals surface area contributed by atoms with Gasteiger partial charge in [-0.3, -0.25) is 0 Å². The first-order valence-electron chi connectivity index (χ1n) is 5.24. The van der Waals surface area contributed by atoms with Gasteiger partial charge in [0.2, 0.25) is 0 Å². The maximum Gasteiger partial charge on any atom is 0.188 e. The summed E-state index contributed by atoms with van der Waals surface area (Å²) < 4.78 is 0. The molecule has 0 aliphatic carbocycles. The number of likely N-dealkylation sites (N-methyl/N-ethyl adjacent to an activating group) is 1. The number of nitriles is 1. The summed E-state index contributed by atoms with van der Waals surface area (Å²) in [5.41, 5.74) is 0. The number of hydrogen-bond donors (Lipinski definition) is 1. The summed E-state index contributed by atoms with van der Waals surface area (Å²) in [5.74, 6) is 0. The minimum atomic E-state index is 0.331. The molecule has 6 heteroatoms. The molecule has 1 saturated heterocycles. The molecule has 1 aromatic heterocycles. The maximum atomic E-state index is 8.85. The first-order chi connectivity index (χ1) is 7.76. The van der Waals surface area contributed by atoms with Crippen LogP contribution in [0.5, 0.6) is 0 Å². The number of thiazole rings is 1. The summed E-state index contributed by atoms with van der Waals surface area (Å²) in [7, 11) is 1.95. The van der Waals surface area contributed by atoms with E-state index in [9.17, 15) is 0 Å². The van der Waals surface area contributed by atoms with Crippen molar-refractivity contribution in [3.63, 3.8) is 0 Å². The van der Waals surface area contributed by atoms with Crippen molar-refractivity contribution in [1.29, 1.82) is 5.26 Å². The van der Waals surface area contributed by atoms with Gasteiger partial charge in [-0.05, 0) is 19.9 Å². The predicted molar refractivity (Wildman–Crippen MR) is 66.1 cm³/mol. The van der Waals surface area contributed by atoms with Crippen molar-refractivity contribution in [1.82, 2.24) is 10.3 Å². The second kappa shape index (κ2) is 5.00. The van der Waals surface area contributed by atoms with Crippen LogP contribution >= 0.6 is 22.9 Å². The van der Waals surface area contributed by atoms with Crippen LogP contribution in [0.25, 0.3) is 0 Å². The van der Waals surface area contributed by atoms with E-state index < -0.39 is 0 Å². The fraction of sp³-hybridized carbons (Fsp3) is 0.600. The molecule has 0 spiro atoms. The molecule has 0 aromatic carbocycles. The van der Waals surface area contributed by atoms with Crippen LogP contribution in [-0.2, 0) is 0 Å². The Morgan fingerprint density at radius 1 is 1.75 bits per heavy atom. The lowest BCUT2D eigenvalue weighted by molar-refractivity contribution is 0.615. The van der Waals surface area contributed by atoms with E-state index in [-0.39, 0.29) is 0 Å². The Morgan fingerprint density at radius 3 is 3.19 bits per heavy atom. The van der Waals surface area contributed by atoms with Crippen molar-refractivity contribution in [2.45, 2.75) is 18.9 Å². The first kappa shape index (κ1) is 11.6. The highest BCUT2D eigenvalue weighted by Gasteiger charge is 2.27. The first-order valence-corrected chi connectivity index (χ1v) is 6.43. The van der Waals surface area contributed by atoms with Gasteiger partial charge in [0.25, 0.3) is 0 Å². The molecule has 0 radical (unpaired) electrons. The fourth-order valence-electron chi connectivity index (χ4n) is 2.02. The van der Waals surface area contributed by atoms with Crippen LogP contribution in [-0.4, -0.2) is 31.2 Å². The quantitative estimate of drug-likeness (QED) is 0.897. The van der Waals surface area contributed by atoms with Gasteiger partial charge in [0.1, 0.15) is 10.9 Å². The summed E-state index contributed by atoms with van der Waals surface area (Å²) >= 11 is 7.26. The predicted octanol–water partition coefficient (Wildman–Crippen LogP) is 1.86. The van der Waals surface area contributed by atoms with E-state index in [0.717, 1.165) is 18.2 Å². The second-order valence-electron chi connectivity index (χ2n) is 3.78. The molecule has 4 nitrogen and oxygen atoms in total. The topological polar surface area (TPSA) is 52.0 Å². The Labute approximate surface area is 104 Å². The van der Waals surface area contributed by atoms with Gasteiger partial charge in [-0.2, -0.15) is 5.26 Å². The summed E-state index contributed by atoms with van der Waals surface area (Å²) in [5, 5.41) is 13.2. The van der Waals surface area contributed by atoms with Crippen LogP contribution in [0.4, 0.5) is 5.13 Å². The van der Waals surface area contributed by atoms with E-state index in [1.807, 2.05) is 7.05 Å². The highest BCUT2D eigenvalue weighted by Crippen LogP contribution is 2.33. The second-order valence-corrected chi connectivity index (χ2v) is 5.11. The van der Waals surface area contributed by atoms with Crippen molar-refractivity contribution >= 4 is 28.1 Å². The molecular formula is C10H13ClN4S. The van der Waals surface area contributed by atoms with Gasteiger partial charge < -0.3 is 10.2 Å². The van der Waals surface area contributed by atoms with Gasteiger partial charge in [-0.1, -0.05) is 22.9 Å². The number of nitrogens with zero attached hydrogens (tertiary/aromatic N) is 3. The molecule has 1 N–H and O–H groups in total. The highest BCUT2D eigenvalue weighted by molar-refractivity contribution is 7.16. The van der Waals surface area contributed by atoms with E-state index in [0.29, 0.717) is 16.1 Å². The highest BCUT2D eigenvalue weighted by atomic mass is 35.5. The molecule has 1 aliphatic rings. The molecule has 86 valence electrons. The molecule has 0 saturated carbocycles. The fourth-order valence-corrected chi connectivity index (χ4v) is 3.16. The number of hydrogen-bond acceptors (Lipinski definition) is 5. The SMILES string of the molecule is CNCC1CCCN1c1nc(Cl)c(C#N)s1. The average molecular weight is 257 g/mol. The Balaban J connectivity index is 2.19. The van der Waals surface area contributed by atoms with E-state index in [1.165, 1.54) is 24.2 Å². The summed E-state index contributed by atoms with van der Waals surface area (Å²) in [6, 6.07) is 2.54. The zero-order valence-electron chi connectivity index (χ0n) is 9.03. The van der Waals surface area contributed by atoms with Crippen molar-refractivity contribution < 1.29 is 0 Å². The normalized spacial score (nSPS) is 20.1. The van der Waals surface area contributed by atoms with Crippen LogP contribution in [0.1, 0.15) is 17.7 Å². The molecule has 16 heavy (non-hydrogen) atoms. The van der Waals surface area contributed by atoms with Crippen LogP contribution in [0.15, 0.2) is 0 Å². The largest absolute Gasteiger partial charge is 0.344 e. The van der Waals surface area contributed by atoms with E-state index >= 15 is 0 Å². The Hall–Kier alpha value is -0.830. The van der Waals surface area contributed by atoms with Crippen molar-refractivity contribution in [2.24, 2.45) is 0 Å². The zero-order chi connectivity index (χ0) is 11.5. The molecule has 0 bridgehead atoms. The number of halogens is 1. The number of rotatable bonds is 3. The Kier molecular flexibility index (Phi) is 3.64. The molecule has 2 rings (SSSR count). The van der Waals surface area contributed by atoms with Gasteiger partial charge in [0.05, 0.1) is 0 Å². The Morgan fingerprint density at radius 2 is 2.56 bits per heavy atom. The van der Waals surface area contributed by atoms with E-state index in [1.54, 1.807) is 0 Å². The van der Waals surface area contributed by atoms with Crippen LogP contribution in [0, 0.1) is 11.3 Å². The monoisotopic (exact) mass is 256 g/mol. The van der Waals surface area contributed by atoms with E-state index in [4.69, 9.17) is 16.9 Å². The van der Waals surface area contributed by atoms with Crippen LogP contribution in [0.2, 0.25) is 5.15 Å². The van der Waals surface area contributed by atoms with Crippen molar-refractivity contribution in [2.75, 3.05) is 25.0 Å². The average Bonchev–Trinajstić information content (AvgIpc) is 2.85. The van der Waals surface area contributed by atoms with Gasteiger partial charge >= 0.3 is 0 Å². The van der Waals surface area contributed by atoms with Gasteiger partial charge in [0, 0.05) is 19.1 Å². The van der Waals surface area contributed by atoms with Crippen molar-refractivity contribution in [3.8, 4) is 6.07 Å². The molecule has 1 unspecified atom stereocenters. The number of nitrogens with one attached hydrogen (secondary N) is 1. The minimum absolute atomic E-state index is 0.331. The van der Waals surface area contributed by atoms with Crippen LogP contribution in [0.3, 0.4) is 0 Å². The minimum Gasteiger partial charge on any atom is -0.344 e. The maximum absolute atomic E-state index is 8.85. The molecule has 1 aromatic rings.